The molecule has 9 heteroatoms. The zero-order valence-corrected chi connectivity index (χ0v) is 10.8. The van der Waals surface area contributed by atoms with Gasteiger partial charge in [0.1, 0.15) is 0 Å². The number of nitrogens with zero attached hydrogens (tertiary/aromatic N) is 1. The summed E-state index contributed by atoms with van der Waals surface area (Å²) in [6.07, 6.45) is 0. The van der Waals surface area contributed by atoms with Crippen molar-refractivity contribution in [2.45, 2.75) is 13.0 Å². The summed E-state index contributed by atoms with van der Waals surface area (Å²) in [6, 6.07) is -0.979. The first kappa shape index (κ1) is 14.9. The number of sulfonamides is 1. The third kappa shape index (κ3) is 4.59. The highest BCUT2D eigenvalue weighted by molar-refractivity contribution is 7.90. The number of carbonyl (C=O) groups excluding carboxylic acids is 1. The van der Waals surface area contributed by atoms with Crippen molar-refractivity contribution in [1.29, 1.82) is 0 Å². The molecule has 1 saturated heterocycles. The van der Waals surface area contributed by atoms with Crippen LogP contribution in [-0.4, -0.2) is 68.4 Å². The predicted molar refractivity (Wildman–Crippen MR) is 61.4 cm³/mol. The maximum Gasteiger partial charge on any atom is 0.320 e. The van der Waals surface area contributed by atoms with Gasteiger partial charge in [0.2, 0.25) is 15.9 Å². The van der Waals surface area contributed by atoms with Gasteiger partial charge in [-0.2, -0.15) is 0 Å². The van der Waals surface area contributed by atoms with Crippen LogP contribution in [0, 0.1) is 0 Å². The number of carbonyl (C=O) groups is 2. The van der Waals surface area contributed by atoms with Crippen molar-refractivity contribution in [1.82, 2.24) is 9.62 Å². The molecular formula is C9H16N2O6S. The molecule has 0 aromatic rings. The van der Waals surface area contributed by atoms with Gasteiger partial charge >= 0.3 is 5.97 Å². The third-order valence-electron chi connectivity index (χ3n) is 2.36. The quantitative estimate of drug-likeness (QED) is 0.616. The van der Waals surface area contributed by atoms with Gasteiger partial charge in [-0.3, -0.25) is 9.59 Å². The van der Waals surface area contributed by atoms with Gasteiger partial charge in [-0.1, -0.05) is 0 Å². The molecule has 0 saturated carbocycles. The van der Waals surface area contributed by atoms with E-state index >= 15 is 0 Å². The van der Waals surface area contributed by atoms with Crippen molar-refractivity contribution >= 4 is 21.9 Å². The van der Waals surface area contributed by atoms with Crippen molar-refractivity contribution < 1.29 is 27.9 Å². The van der Waals surface area contributed by atoms with Crippen molar-refractivity contribution in [3.8, 4) is 0 Å². The molecule has 0 aromatic heterocycles. The van der Waals surface area contributed by atoms with Crippen LogP contribution < -0.4 is 4.72 Å². The summed E-state index contributed by atoms with van der Waals surface area (Å²) in [6.45, 7) is 3.03. The van der Waals surface area contributed by atoms with Crippen LogP contribution in [0.2, 0.25) is 0 Å². The fraction of sp³-hybridized carbons (Fsp3) is 0.778. The topological polar surface area (TPSA) is 113 Å². The molecule has 2 N–H and O–H groups in total. The highest BCUT2D eigenvalue weighted by Crippen LogP contribution is 2.01. The number of rotatable bonds is 5. The van der Waals surface area contributed by atoms with Gasteiger partial charge in [-0.15, -0.1) is 0 Å². The van der Waals surface area contributed by atoms with E-state index in [1.165, 1.54) is 11.8 Å². The van der Waals surface area contributed by atoms with Crippen LogP contribution in [0.4, 0.5) is 0 Å². The molecule has 104 valence electrons. The molecule has 0 bridgehead atoms. The molecule has 8 nitrogen and oxygen atoms in total. The molecule has 1 atom stereocenters. The second-order valence-corrected chi connectivity index (χ2v) is 5.68. The van der Waals surface area contributed by atoms with E-state index in [-0.39, 0.29) is 5.91 Å². The van der Waals surface area contributed by atoms with Crippen LogP contribution in [0.3, 0.4) is 0 Å². The maximum atomic E-state index is 11.9. The summed E-state index contributed by atoms with van der Waals surface area (Å²) < 4.78 is 29.8. The Bertz CT molecular complexity index is 415. The second kappa shape index (κ2) is 6.12. The number of ether oxygens (including phenoxy) is 1. The molecule has 1 aliphatic rings. The molecule has 1 heterocycles. The summed E-state index contributed by atoms with van der Waals surface area (Å²) in [7, 11) is -3.99. The van der Waals surface area contributed by atoms with Crippen molar-refractivity contribution in [3.63, 3.8) is 0 Å². The molecule has 1 fully saturated rings. The predicted octanol–water partition coefficient (Wildman–Crippen LogP) is -1.76. The second-order valence-electron chi connectivity index (χ2n) is 3.93. The molecule has 1 amide bonds. The molecule has 1 aliphatic heterocycles. The number of hydrogen-bond donors (Lipinski definition) is 2. The van der Waals surface area contributed by atoms with E-state index in [1.54, 1.807) is 0 Å². The number of carboxylic acid groups (broad SMARTS) is 1. The molecule has 18 heavy (non-hydrogen) atoms. The van der Waals surface area contributed by atoms with Gasteiger partial charge < -0.3 is 14.7 Å². The van der Waals surface area contributed by atoms with Gasteiger partial charge in [-0.05, 0) is 6.92 Å². The van der Waals surface area contributed by atoms with E-state index in [9.17, 15) is 18.0 Å². The van der Waals surface area contributed by atoms with Gasteiger partial charge in [-0.25, -0.2) is 13.1 Å². The Balaban J connectivity index is 2.56. The van der Waals surface area contributed by atoms with E-state index in [1.807, 2.05) is 4.72 Å². The SMILES string of the molecule is CC(NS(=O)(=O)CC(=O)O)C(=O)N1CCOCC1. The lowest BCUT2D eigenvalue weighted by atomic mass is 10.3. The highest BCUT2D eigenvalue weighted by atomic mass is 32.2. The highest BCUT2D eigenvalue weighted by Gasteiger charge is 2.27. The molecule has 1 rings (SSSR count). The first-order valence-electron chi connectivity index (χ1n) is 5.40. The molecule has 0 radical (unpaired) electrons. The van der Waals surface area contributed by atoms with Crippen LogP contribution in [0.1, 0.15) is 6.92 Å². The standard InChI is InChI=1S/C9H16N2O6S/c1-7(10-18(15,16)6-8(12)13)9(14)11-2-4-17-5-3-11/h7,10H,2-6H2,1H3,(H,12,13). The van der Waals surface area contributed by atoms with Gasteiger partial charge in [0, 0.05) is 13.1 Å². The number of nitrogens with one attached hydrogen (secondary N) is 1. The summed E-state index contributed by atoms with van der Waals surface area (Å²) in [5, 5.41) is 8.42. The molecule has 1 unspecified atom stereocenters. The number of carboxylic acids is 1. The normalized spacial score (nSPS) is 18.4. The Hall–Kier alpha value is -1.19. The molecule has 0 aliphatic carbocycles. The first-order valence-corrected chi connectivity index (χ1v) is 7.05. The molecular weight excluding hydrogens is 264 g/mol. The van der Waals surface area contributed by atoms with Crippen molar-refractivity contribution in [2.24, 2.45) is 0 Å². The van der Waals surface area contributed by atoms with Crippen LogP contribution in [0.25, 0.3) is 0 Å². The summed E-state index contributed by atoms with van der Waals surface area (Å²) in [5.41, 5.74) is 0. The van der Waals surface area contributed by atoms with Gasteiger partial charge in [0.15, 0.2) is 5.75 Å². The van der Waals surface area contributed by atoms with Crippen molar-refractivity contribution in [3.05, 3.63) is 0 Å². The Kier molecular flexibility index (Phi) is 5.05. The lowest BCUT2D eigenvalue weighted by Gasteiger charge is -2.29. The van der Waals surface area contributed by atoms with Gasteiger partial charge in [0.05, 0.1) is 19.3 Å². The van der Waals surface area contributed by atoms with E-state index < -0.39 is 27.8 Å². The summed E-state index contributed by atoms with van der Waals surface area (Å²) in [5.74, 6) is -2.89. The monoisotopic (exact) mass is 280 g/mol. The number of amides is 1. The minimum atomic E-state index is -3.99. The minimum Gasteiger partial charge on any atom is -0.480 e. The Labute approximate surface area is 105 Å². The lowest BCUT2D eigenvalue weighted by molar-refractivity contribution is -0.137. The fourth-order valence-corrected chi connectivity index (χ4v) is 2.63. The lowest BCUT2D eigenvalue weighted by Crippen LogP contribution is -2.51. The Morgan fingerprint density at radius 1 is 1.39 bits per heavy atom. The number of aliphatic carboxylic acids is 1. The van der Waals surface area contributed by atoms with Crippen LogP contribution >= 0.6 is 0 Å². The first-order chi connectivity index (χ1) is 8.32. The number of morpholine rings is 1. The van der Waals surface area contributed by atoms with Crippen LogP contribution in [0.15, 0.2) is 0 Å². The summed E-state index contributed by atoms with van der Waals surface area (Å²) >= 11 is 0. The molecule has 0 spiro atoms. The number of hydrogen-bond acceptors (Lipinski definition) is 5. The van der Waals surface area contributed by atoms with E-state index in [0.29, 0.717) is 26.3 Å². The van der Waals surface area contributed by atoms with Crippen molar-refractivity contribution in [2.75, 3.05) is 32.1 Å². The Morgan fingerprint density at radius 2 is 1.94 bits per heavy atom. The third-order valence-corrected chi connectivity index (χ3v) is 3.70. The van der Waals surface area contributed by atoms with E-state index in [0.717, 1.165) is 0 Å². The average Bonchev–Trinajstić information content (AvgIpc) is 2.26. The molecule has 0 aromatic carbocycles. The largest absolute Gasteiger partial charge is 0.480 e. The van der Waals surface area contributed by atoms with Crippen LogP contribution in [0.5, 0.6) is 0 Å². The average molecular weight is 280 g/mol. The van der Waals surface area contributed by atoms with Gasteiger partial charge in [0.25, 0.3) is 0 Å². The zero-order chi connectivity index (χ0) is 13.8. The van der Waals surface area contributed by atoms with E-state index in [4.69, 9.17) is 9.84 Å². The maximum absolute atomic E-state index is 11.9. The minimum absolute atomic E-state index is 0.382. The summed E-state index contributed by atoms with van der Waals surface area (Å²) in [4.78, 5) is 23.7. The smallest absolute Gasteiger partial charge is 0.320 e. The zero-order valence-electron chi connectivity index (χ0n) is 9.96. The Morgan fingerprint density at radius 3 is 2.44 bits per heavy atom. The van der Waals surface area contributed by atoms with Crippen LogP contribution in [-0.2, 0) is 24.3 Å². The van der Waals surface area contributed by atoms with E-state index in [2.05, 4.69) is 0 Å². The fourth-order valence-electron chi connectivity index (χ4n) is 1.58.